The summed E-state index contributed by atoms with van der Waals surface area (Å²) in [6.07, 6.45) is 14.3. The molecule has 110 valence electrons. The average Bonchev–Trinajstić information content (AvgIpc) is 2.72. The predicted molar refractivity (Wildman–Crippen MR) is 77.8 cm³/mol. The molecule has 3 aliphatic rings. The maximum atomic E-state index is 12.3. The number of allylic oxidation sites excluding steroid dienone is 2. The minimum Gasteiger partial charge on any atom is -0.285 e. The third kappa shape index (κ3) is 2.43. The lowest BCUT2D eigenvalue weighted by Gasteiger charge is -2.29. The maximum absolute atomic E-state index is 12.3. The Morgan fingerprint density at radius 1 is 0.900 bits per heavy atom. The van der Waals surface area contributed by atoms with Gasteiger partial charge in [-0.3, -0.25) is 14.5 Å². The number of hydrogen-bond acceptors (Lipinski definition) is 2. The van der Waals surface area contributed by atoms with Crippen molar-refractivity contribution in [3.63, 3.8) is 0 Å². The van der Waals surface area contributed by atoms with E-state index >= 15 is 0 Å². The van der Waals surface area contributed by atoms with E-state index < -0.39 is 0 Å². The van der Waals surface area contributed by atoms with Crippen LogP contribution in [0.4, 0.5) is 0 Å². The van der Waals surface area contributed by atoms with Gasteiger partial charge in [0.1, 0.15) is 0 Å². The molecular weight excluding hydrogens is 250 g/mol. The normalized spacial score (nSPS) is 35.9. The molecule has 1 saturated heterocycles. The van der Waals surface area contributed by atoms with Crippen molar-refractivity contribution in [1.82, 2.24) is 4.90 Å². The molecule has 20 heavy (non-hydrogen) atoms. The van der Waals surface area contributed by atoms with Crippen molar-refractivity contribution in [1.29, 1.82) is 0 Å². The summed E-state index contributed by atoms with van der Waals surface area (Å²) in [5.41, 5.74) is 0. The van der Waals surface area contributed by atoms with Crippen molar-refractivity contribution in [2.24, 2.45) is 23.7 Å². The second-order valence-corrected chi connectivity index (χ2v) is 6.75. The molecule has 0 aromatic carbocycles. The maximum Gasteiger partial charge on any atom is 0.233 e. The van der Waals surface area contributed by atoms with Gasteiger partial charge in [0.2, 0.25) is 11.8 Å². The molecule has 0 bridgehead atoms. The van der Waals surface area contributed by atoms with Crippen LogP contribution in [0.25, 0.3) is 0 Å². The first-order valence-corrected chi connectivity index (χ1v) is 8.18. The lowest BCUT2D eigenvalue weighted by atomic mass is 9.72. The van der Waals surface area contributed by atoms with Gasteiger partial charge in [-0.25, -0.2) is 0 Å². The molecule has 3 nitrogen and oxygen atoms in total. The van der Waals surface area contributed by atoms with Crippen LogP contribution < -0.4 is 0 Å². The summed E-state index contributed by atoms with van der Waals surface area (Å²) < 4.78 is 0. The Hall–Kier alpha value is -1.12. The van der Waals surface area contributed by atoms with Crippen LogP contribution in [0.1, 0.15) is 51.4 Å². The number of amides is 2. The lowest BCUT2D eigenvalue weighted by molar-refractivity contribution is -0.138. The molecule has 3 rings (SSSR count). The molecule has 0 N–H and O–H groups in total. The minimum atomic E-state index is -0.0684. The van der Waals surface area contributed by atoms with Crippen LogP contribution >= 0.6 is 0 Å². The quantitative estimate of drug-likeness (QED) is 0.573. The van der Waals surface area contributed by atoms with Gasteiger partial charge in [-0.1, -0.05) is 37.8 Å². The van der Waals surface area contributed by atoms with Gasteiger partial charge in [-0.05, 0) is 37.5 Å². The fourth-order valence-corrected chi connectivity index (χ4v) is 4.29. The largest absolute Gasteiger partial charge is 0.285 e. The first-order chi connectivity index (χ1) is 9.68. The highest BCUT2D eigenvalue weighted by Gasteiger charge is 2.50. The van der Waals surface area contributed by atoms with E-state index in [9.17, 15) is 9.59 Å². The van der Waals surface area contributed by atoms with Crippen molar-refractivity contribution < 1.29 is 9.59 Å². The van der Waals surface area contributed by atoms with Crippen LogP contribution in [0, 0.1) is 23.7 Å². The lowest BCUT2D eigenvalue weighted by Crippen LogP contribution is -2.30. The van der Waals surface area contributed by atoms with E-state index in [0.29, 0.717) is 5.92 Å². The van der Waals surface area contributed by atoms with Crippen LogP contribution in [0.5, 0.6) is 0 Å². The van der Waals surface area contributed by atoms with Crippen molar-refractivity contribution in [2.75, 3.05) is 7.05 Å². The van der Waals surface area contributed by atoms with Crippen molar-refractivity contribution in [3.8, 4) is 0 Å². The summed E-state index contributed by atoms with van der Waals surface area (Å²) in [5, 5.41) is 0. The number of rotatable bonds is 2. The number of nitrogens with zero attached hydrogens (tertiary/aromatic N) is 1. The second kappa shape index (κ2) is 5.71. The first kappa shape index (κ1) is 13.8. The monoisotopic (exact) mass is 275 g/mol. The van der Waals surface area contributed by atoms with Crippen molar-refractivity contribution in [2.45, 2.75) is 51.4 Å². The van der Waals surface area contributed by atoms with E-state index in [1.54, 1.807) is 7.05 Å². The molecule has 2 aliphatic carbocycles. The van der Waals surface area contributed by atoms with Gasteiger partial charge in [0.15, 0.2) is 0 Å². The average molecular weight is 275 g/mol. The summed E-state index contributed by atoms with van der Waals surface area (Å²) in [4.78, 5) is 25.7. The Labute approximate surface area is 121 Å². The first-order valence-electron chi connectivity index (χ1n) is 8.18. The van der Waals surface area contributed by atoms with E-state index in [1.165, 1.54) is 37.0 Å². The molecule has 0 aromatic heterocycles. The predicted octanol–water partition coefficient (Wildman–Crippen LogP) is 3.15. The van der Waals surface area contributed by atoms with Gasteiger partial charge in [-0.15, -0.1) is 0 Å². The molecule has 0 aromatic rings. The summed E-state index contributed by atoms with van der Waals surface area (Å²) in [6, 6.07) is 0. The van der Waals surface area contributed by atoms with Gasteiger partial charge in [-0.2, -0.15) is 0 Å². The topological polar surface area (TPSA) is 37.4 Å². The molecule has 3 heteroatoms. The summed E-state index contributed by atoms with van der Waals surface area (Å²) in [6.45, 7) is 0. The van der Waals surface area contributed by atoms with Gasteiger partial charge in [0.05, 0.1) is 11.8 Å². The molecule has 0 radical (unpaired) electrons. The number of carbonyl (C=O) groups is 2. The van der Waals surface area contributed by atoms with Gasteiger partial charge in [0.25, 0.3) is 0 Å². The van der Waals surface area contributed by atoms with Crippen LogP contribution in [-0.4, -0.2) is 23.8 Å². The van der Waals surface area contributed by atoms with E-state index in [4.69, 9.17) is 0 Å². The Morgan fingerprint density at radius 3 is 2.40 bits per heavy atom. The Morgan fingerprint density at radius 2 is 1.65 bits per heavy atom. The van der Waals surface area contributed by atoms with Gasteiger partial charge < -0.3 is 0 Å². The zero-order chi connectivity index (χ0) is 14.1. The van der Waals surface area contributed by atoms with Crippen LogP contribution in [-0.2, 0) is 9.59 Å². The van der Waals surface area contributed by atoms with E-state index in [1.807, 2.05) is 0 Å². The van der Waals surface area contributed by atoms with Crippen LogP contribution in [0.3, 0.4) is 0 Å². The molecular formula is C17H25NO2. The SMILES string of the molecule is CN1C(=O)C2CCCC(/C=C/C3CCCCC3)C2C1=O. The summed E-state index contributed by atoms with van der Waals surface area (Å²) >= 11 is 0. The molecule has 3 fully saturated rings. The number of likely N-dealkylation sites (tertiary alicyclic amines) is 1. The van der Waals surface area contributed by atoms with Crippen molar-refractivity contribution in [3.05, 3.63) is 12.2 Å². The highest BCUT2D eigenvalue weighted by molar-refractivity contribution is 6.05. The zero-order valence-corrected chi connectivity index (χ0v) is 12.4. The van der Waals surface area contributed by atoms with Crippen molar-refractivity contribution >= 4 is 11.8 Å². The number of hydrogen-bond donors (Lipinski definition) is 0. The van der Waals surface area contributed by atoms with E-state index in [0.717, 1.165) is 19.3 Å². The van der Waals surface area contributed by atoms with Gasteiger partial charge >= 0.3 is 0 Å². The summed E-state index contributed by atoms with van der Waals surface area (Å²) in [5.74, 6) is 0.989. The smallest absolute Gasteiger partial charge is 0.233 e. The van der Waals surface area contributed by atoms with Crippen LogP contribution in [0.2, 0.25) is 0 Å². The zero-order valence-electron chi connectivity index (χ0n) is 12.4. The van der Waals surface area contributed by atoms with Crippen LogP contribution in [0.15, 0.2) is 12.2 Å². The van der Waals surface area contributed by atoms with E-state index in [-0.39, 0.29) is 29.6 Å². The number of fused-ring (bicyclic) bond motifs is 1. The number of carbonyl (C=O) groups excluding carboxylic acids is 2. The van der Waals surface area contributed by atoms with Gasteiger partial charge in [0, 0.05) is 7.05 Å². The third-order valence-corrected chi connectivity index (χ3v) is 5.49. The Balaban J connectivity index is 1.71. The fraction of sp³-hybridized carbons (Fsp3) is 0.765. The highest BCUT2D eigenvalue weighted by Crippen LogP contribution is 2.42. The Kier molecular flexibility index (Phi) is 3.95. The molecule has 1 aliphatic heterocycles. The molecule has 3 unspecified atom stereocenters. The molecule has 1 heterocycles. The standard InChI is InChI=1S/C17H25NO2/c1-18-16(19)14-9-5-8-13(15(14)17(18)20)11-10-12-6-3-2-4-7-12/h10-15H,2-9H2,1H3/b11-10+. The minimum absolute atomic E-state index is 0.0396. The molecule has 0 spiro atoms. The molecule has 3 atom stereocenters. The Bertz CT molecular complexity index is 423. The summed E-state index contributed by atoms with van der Waals surface area (Å²) in [7, 11) is 1.64. The van der Waals surface area contributed by atoms with E-state index in [2.05, 4.69) is 12.2 Å². The highest BCUT2D eigenvalue weighted by atomic mass is 16.2. The second-order valence-electron chi connectivity index (χ2n) is 6.75. The fourth-order valence-electron chi connectivity index (χ4n) is 4.29. The number of imide groups is 1. The third-order valence-electron chi connectivity index (χ3n) is 5.49. The molecule has 2 amide bonds. The molecule has 2 saturated carbocycles.